The van der Waals surface area contributed by atoms with Crippen molar-refractivity contribution in [2.75, 3.05) is 20.8 Å². The van der Waals surface area contributed by atoms with E-state index in [1.165, 1.54) is 37.0 Å². The third kappa shape index (κ3) is 6.12. The molecular weight excluding hydrogens is 628 g/mol. The monoisotopic (exact) mass is 656 g/mol. The van der Waals surface area contributed by atoms with Crippen molar-refractivity contribution in [2.45, 2.75) is 33.2 Å². The van der Waals surface area contributed by atoms with Gasteiger partial charge in [0.15, 0.2) is 0 Å². The van der Waals surface area contributed by atoms with Crippen molar-refractivity contribution in [1.29, 1.82) is 0 Å². The molecule has 0 saturated carbocycles. The Hall–Kier alpha value is -3.96. The van der Waals surface area contributed by atoms with Gasteiger partial charge in [-0.05, 0) is 59.5 Å². The van der Waals surface area contributed by atoms with Crippen molar-refractivity contribution < 1.29 is 19.2 Å². The number of nitro groups is 1. The third-order valence-corrected chi connectivity index (χ3v) is 8.05. The number of rotatable bonds is 10. The van der Waals surface area contributed by atoms with Crippen LogP contribution in [0, 0.1) is 16.0 Å². The van der Waals surface area contributed by atoms with Crippen molar-refractivity contribution in [2.24, 2.45) is 5.92 Å². The number of halogens is 2. The molecule has 1 aromatic heterocycles. The number of nitro benzene ring substituents is 1. The van der Waals surface area contributed by atoms with Gasteiger partial charge in [0.2, 0.25) is 0 Å². The number of methoxy groups -OCH3 is 2. The fraction of sp³-hybridized carbons (Fsp3) is 0.300. The molecule has 1 heterocycles. The van der Waals surface area contributed by atoms with E-state index >= 15 is 0 Å². The average molecular weight is 658 g/mol. The molecule has 0 spiro atoms. The maximum absolute atomic E-state index is 14.1. The van der Waals surface area contributed by atoms with Gasteiger partial charge < -0.3 is 14.4 Å². The van der Waals surface area contributed by atoms with Crippen LogP contribution in [0.3, 0.4) is 0 Å². The SMILES string of the molecule is COc1cc(OC)c(Br)c(-n2c(C(C)N(CCC(C)C)C(=O)c3ccc(Cl)c([N+](=O)[O-])c3)nc3ccccc3c2=O)c1. The molecule has 1 unspecified atom stereocenters. The van der Waals surface area contributed by atoms with Crippen molar-refractivity contribution in [1.82, 2.24) is 14.5 Å². The Kier molecular flexibility index (Phi) is 9.53. The summed E-state index contributed by atoms with van der Waals surface area (Å²) in [6.07, 6.45) is 0.639. The van der Waals surface area contributed by atoms with Gasteiger partial charge in [-0.1, -0.05) is 37.6 Å². The molecule has 220 valence electrons. The molecule has 0 aliphatic heterocycles. The Bertz CT molecular complexity index is 1720. The lowest BCUT2D eigenvalue weighted by Gasteiger charge is -2.31. The summed E-state index contributed by atoms with van der Waals surface area (Å²) in [6, 6.07) is 13.6. The smallest absolute Gasteiger partial charge is 0.288 e. The molecule has 3 aromatic carbocycles. The lowest BCUT2D eigenvalue weighted by Crippen LogP contribution is -2.38. The zero-order valence-corrected chi connectivity index (χ0v) is 26.1. The van der Waals surface area contributed by atoms with E-state index in [0.717, 1.165) is 0 Å². The second-order valence-electron chi connectivity index (χ2n) is 10.1. The predicted octanol–water partition coefficient (Wildman–Crippen LogP) is 6.98. The quantitative estimate of drug-likeness (QED) is 0.133. The molecule has 10 nitrogen and oxygen atoms in total. The van der Waals surface area contributed by atoms with Crippen molar-refractivity contribution >= 4 is 50.0 Å². The van der Waals surface area contributed by atoms with Crippen LogP contribution in [0.4, 0.5) is 5.69 Å². The third-order valence-electron chi connectivity index (χ3n) is 6.93. The molecule has 0 aliphatic rings. The average Bonchev–Trinajstić information content (AvgIpc) is 2.97. The minimum absolute atomic E-state index is 0.0693. The highest BCUT2D eigenvalue weighted by Crippen LogP contribution is 2.37. The summed E-state index contributed by atoms with van der Waals surface area (Å²) in [4.78, 5) is 45.5. The highest BCUT2D eigenvalue weighted by molar-refractivity contribution is 9.10. The van der Waals surface area contributed by atoms with Gasteiger partial charge >= 0.3 is 0 Å². The summed E-state index contributed by atoms with van der Waals surface area (Å²) in [5.74, 6) is 0.958. The maximum atomic E-state index is 14.1. The molecule has 4 aromatic rings. The Morgan fingerprint density at radius 3 is 2.48 bits per heavy atom. The normalized spacial score (nSPS) is 11.9. The van der Waals surface area contributed by atoms with Crippen LogP contribution in [0.5, 0.6) is 11.5 Å². The number of carbonyl (C=O) groups excluding carboxylic acids is 1. The minimum Gasteiger partial charge on any atom is -0.497 e. The van der Waals surface area contributed by atoms with E-state index < -0.39 is 16.9 Å². The van der Waals surface area contributed by atoms with E-state index in [0.29, 0.717) is 45.5 Å². The van der Waals surface area contributed by atoms with Gasteiger partial charge in [0.25, 0.3) is 17.2 Å². The van der Waals surface area contributed by atoms with Gasteiger partial charge in [0.1, 0.15) is 22.3 Å². The van der Waals surface area contributed by atoms with Gasteiger partial charge in [0.05, 0.1) is 46.2 Å². The number of amides is 1. The van der Waals surface area contributed by atoms with Crippen molar-refractivity contribution in [3.05, 3.63) is 95.9 Å². The molecule has 4 rings (SSSR count). The van der Waals surface area contributed by atoms with Crippen molar-refractivity contribution in [3.8, 4) is 17.2 Å². The molecule has 0 bridgehead atoms. The molecule has 0 N–H and O–H groups in total. The summed E-state index contributed by atoms with van der Waals surface area (Å²) in [6.45, 7) is 6.15. The van der Waals surface area contributed by atoms with Crippen LogP contribution >= 0.6 is 27.5 Å². The van der Waals surface area contributed by atoms with Crippen LogP contribution in [0.2, 0.25) is 5.02 Å². The number of benzene rings is 3. The van der Waals surface area contributed by atoms with E-state index in [4.69, 9.17) is 26.1 Å². The van der Waals surface area contributed by atoms with Gasteiger partial charge in [-0.25, -0.2) is 4.98 Å². The Morgan fingerprint density at radius 2 is 1.83 bits per heavy atom. The highest BCUT2D eigenvalue weighted by atomic mass is 79.9. The summed E-state index contributed by atoms with van der Waals surface area (Å²) < 4.78 is 13.0. The molecule has 0 saturated heterocycles. The largest absolute Gasteiger partial charge is 0.497 e. The number of ether oxygens (including phenoxy) is 2. The van der Waals surface area contributed by atoms with Gasteiger partial charge in [-0.2, -0.15) is 0 Å². The number of fused-ring (bicyclic) bond motifs is 1. The van der Waals surface area contributed by atoms with Gasteiger partial charge in [0, 0.05) is 30.3 Å². The lowest BCUT2D eigenvalue weighted by atomic mass is 10.1. The molecule has 1 atom stereocenters. The fourth-order valence-electron chi connectivity index (χ4n) is 4.61. The van der Waals surface area contributed by atoms with Gasteiger partial charge in [-0.3, -0.25) is 24.3 Å². The van der Waals surface area contributed by atoms with Crippen LogP contribution in [-0.4, -0.2) is 46.0 Å². The number of aromatic nitrogens is 2. The first-order valence-electron chi connectivity index (χ1n) is 13.2. The first kappa shape index (κ1) is 31.0. The molecular formula is C30H30BrClN4O6. The van der Waals surface area contributed by atoms with E-state index in [9.17, 15) is 19.7 Å². The van der Waals surface area contributed by atoms with Crippen LogP contribution in [0.25, 0.3) is 16.6 Å². The molecule has 12 heteroatoms. The number of carbonyl (C=O) groups is 1. The molecule has 1 amide bonds. The number of hydrogen-bond acceptors (Lipinski definition) is 7. The van der Waals surface area contributed by atoms with Crippen LogP contribution < -0.4 is 15.0 Å². The number of hydrogen-bond donors (Lipinski definition) is 0. The maximum Gasteiger partial charge on any atom is 0.288 e. The Labute approximate surface area is 256 Å². The van der Waals surface area contributed by atoms with Crippen LogP contribution in [-0.2, 0) is 0 Å². The van der Waals surface area contributed by atoms with E-state index in [1.54, 1.807) is 48.2 Å². The second kappa shape index (κ2) is 12.9. The second-order valence-corrected chi connectivity index (χ2v) is 11.3. The Morgan fingerprint density at radius 1 is 1.12 bits per heavy atom. The standard InChI is InChI=1S/C30H30BrClN4O6/c1-17(2)12-13-34(29(37)19-10-11-22(32)24(14-19)36(39)40)18(3)28-33-23-9-7-6-8-21(23)30(38)35(28)25-15-20(41-4)16-26(42-5)27(25)31/h6-11,14-18H,12-13H2,1-5H3. The fourth-order valence-corrected chi connectivity index (χ4v) is 5.36. The highest BCUT2D eigenvalue weighted by Gasteiger charge is 2.30. The van der Waals surface area contributed by atoms with E-state index in [1.807, 2.05) is 13.8 Å². The first-order chi connectivity index (χ1) is 20.0. The van der Waals surface area contributed by atoms with Crippen LogP contribution in [0.1, 0.15) is 49.4 Å². The van der Waals surface area contributed by atoms with Gasteiger partial charge in [-0.15, -0.1) is 0 Å². The summed E-state index contributed by atoms with van der Waals surface area (Å²) >= 11 is 9.60. The first-order valence-corrected chi connectivity index (χ1v) is 14.3. The molecule has 0 fully saturated rings. The molecule has 42 heavy (non-hydrogen) atoms. The number of para-hydroxylation sites is 1. The number of nitrogens with zero attached hydrogens (tertiary/aromatic N) is 4. The minimum atomic E-state index is -0.743. The molecule has 0 radical (unpaired) electrons. The van der Waals surface area contributed by atoms with E-state index in [2.05, 4.69) is 15.9 Å². The Balaban J connectivity index is 1.98. The zero-order valence-electron chi connectivity index (χ0n) is 23.8. The molecule has 0 aliphatic carbocycles. The zero-order chi connectivity index (χ0) is 30.7. The predicted molar refractivity (Wildman–Crippen MR) is 165 cm³/mol. The summed E-state index contributed by atoms with van der Waals surface area (Å²) in [7, 11) is 3.01. The summed E-state index contributed by atoms with van der Waals surface area (Å²) in [5.41, 5.74) is 0.254. The topological polar surface area (TPSA) is 117 Å². The summed E-state index contributed by atoms with van der Waals surface area (Å²) in [5, 5.41) is 11.9. The van der Waals surface area contributed by atoms with Crippen molar-refractivity contribution in [3.63, 3.8) is 0 Å². The van der Waals surface area contributed by atoms with E-state index in [-0.39, 0.29) is 33.6 Å². The lowest BCUT2D eigenvalue weighted by molar-refractivity contribution is -0.384. The van der Waals surface area contributed by atoms with Crippen LogP contribution in [0.15, 0.2) is 63.9 Å².